The highest BCUT2D eigenvalue weighted by Gasteiger charge is 2.39. The van der Waals surface area contributed by atoms with Crippen LogP contribution in [0.4, 0.5) is 17.6 Å². The molecule has 230 valence electrons. The Morgan fingerprint density at radius 3 is 2.44 bits per heavy atom. The van der Waals surface area contributed by atoms with E-state index in [-0.39, 0.29) is 23.7 Å². The molecule has 1 aliphatic heterocycles. The summed E-state index contributed by atoms with van der Waals surface area (Å²) in [6, 6.07) is 11.2. The normalized spacial score (nSPS) is 16.4. The summed E-state index contributed by atoms with van der Waals surface area (Å²) in [7, 11) is 1.49. The SMILES string of the molecule is CNC(=O)C1=NCC=CC(Oc2cccc3c(C(=O)NC4C=CC(NC(=O)c5cccnc5F)=C(C(F)(F)F)C4)cccc23)=C1. The predicted molar refractivity (Wildman–Crippen MR) is 158 cm³/mol. The molecule has 5 rings (SSSR count). The molecule has 0 radical (unpaired) electrons. The summed E-state index contributed by atoms with van der Waals surface area (Å²) in [4.78, 5) is 45.5. The molecule has 0 saturated heterocycles. The molecule has 3 N–H and O–H groups in total. The molecule has 1 unspecified atom stereocenters. The van der Waals surface area contributed by atoms with Crippen LogP contribution in [0, 0.1) is 5.95 Å². The number of ether oxygens (including phenoxy) is 1. The smallest absolute Gasteiger partial charge is 0.414 e. The second-order valence-electron chi connectivity index (χ2n) is 9.84. The first-order valence-electron chi connectivity index (χ1n) is 13.6. The molecular formula is C32H25F4N5O4. The number of halogens is 4. The Kier molecular flexibility index (Phi) is 8.88. The minimum atomic E-state index is -4.85. The number of hydrogen-bond acceptors (Lipinski definition) is 6. The minimum absolute atomic E-state index is 0.178. The summed E-state index contributed by atoms with van der Waals surface area (Å²) >= 11 is 0. The fourth-order valence-corrected chi connectivity index (χ4v) is 4.76. The lowest BCUT2D eigenvalue weighted by Crippen LogP contribution is -2.38. The summed E-state index contributed by atoms with van der Waals surface area (Å²) < 4.78 is 62.0. The number of rotatable bonds is 7. The van der Waals surface area contributed by atoms with E-state index < -0.39 is 53.2 Å². The van der Waals surface area contributed by atoms with Gasteiger partial charge in [-0.3, -0.25) is 19.4 Å². The van der Waals surface area contributed by atoms with E-state index >= 15 is 0 Å². The van der Waals surface area contributed by atoms with Crippen molar-refractivity contribution in [2.45, 2.75) is 18.6 Å². The number of hydrogen-bond donors (Lipinski definition) is 3. The minimum Gasteiger partial charge on any atom is -0.457 e. The number of carbonyl (C=O) groups is 3. The number of allylic oxidation sites excluding steroid dienone is 2. The first kappa shape index (κ1) is 30.9. The third-order valence-electron chi connectivity index (χ3n) is 6.90. The fourth-order valence-electron chi connectivity index (χ4n) is 4.76. The van der Waals surface area contributed by atoms with Gasteiger partial charge in [-0.05, 0) is 41.8 Å². The first-order valence-corrected chi connectivity index (χ1v) is 13.6. The van der Waals surface area contributed by atoms with Crippen LogP contribution in [0.1, 0.15) is 27.1 Å². The van der Waals surface area contributed by atoms with Gasteiger partial charge in [0, 0.05) is 42.4 Å². The van der Waals surface area contributed by atoms with Crippen LogP contribution in [-0.4, -0.2) is 54.2 Å². The van der Waals surface area contributed by atoms with Crippen molar-refractivity contribution >= 4 is 34.2 Å². The lowest BCUT2D eigenvalue weighted by Gasteiger charge is -2.25. The molecule has 1 atom stereocenters. The first-order chi connectivity index (χ1) is 21.5. The van der Waals surface area contributed by atoms with Gasteiger partial charge in [-0.25, -0.2) is 4.98 Å². The number of fused-ring (bicyclic) bond motifs is 1. The van der Waals surface area contributed by atoms with Crippen molar-refractivity contribution in [1.82, 2.24) is 20.9 Å². The van der Waals surface area contributed by atoms with Gasteiger partial charge in [-0.2, -0.15) is 17.6 Å². The number of aliphatic imine (C=N–C) groups is 1. The van der Waals surface area contributed by atoms with E-state index in [2.05, 4.69) is 25.9 Å². The van der Waals surface area contributed by atoms with E-state index in [0.717, 1.165) is 18.3 Å². The lowest BCUT2D eigenvalue weighted by molar-refractivity contribution is -0.114. The van der Waals surface area contributed by atoms with Crippen molar-refractivity contribution in [1.29, 1.82) is 0 Å². The Hall–Kier alpha value is -5.59. The van der Waals surface area contributed by atoms with Gasteiger partial charge in [0.15, 0.2) is 0 Å². The van der Waals surface area contributed by atoms with E-state index in [1.807, 2.05) is 0 Å². The maximum Gasteiger partial charge on any atom is 0.414 e. The number of alkyl halides is 3. The topological polar surface area (TPSA) is 122 Å². The van der Waals surface area contributed by atoms with Gasteiger partial charge in [0.1, 0.15) is 17.2 Å². The molecule has 1 aromatic heterocycles. The standard InChI is InChI=1S/C32H25F4N5O4/c1-37-31(44)26-17-19(6-4-14-38-26)45-27-11-3-7-20-21(27)8-2-9-22(20)29(42)40-18-12-13-25(24(16-18)32(34,35)36)41-30(43)23-10-5-15-39-28(23)33/h2-13,15,17-18H,14,16H2,1H3,(H,37,44)(H,40,42)(H,41,43). The van der Waals surface area contributed by atoms with Crippen LogP contribution in [0.15, 0.2) is 107 Å². The van der Waals surface area contributed by atoms with Gasteiger partial charge >= 0.3 is 6.18 Å². The van der Waals surface area contributed by atoms with E-state index in [9.17, 15) is 31.9 Å². The van der Waals surface area contributed by atoms with Crippen molar-refractivity contribution in [3.05, 3.63) is 119 Å². The van der Waals surface area contributed by atoms with Crippen molar-refractivity contribution in [2.24, 2.45) is 4.99 Å². The van der Waals surface area contributed by atoms with E-state index in [1.165, 1.54) is 31.3 Å². The maximum atomic E-state index is 14.0. The third kappa shape index (κ3) is 6.98. The summed E-state index contributed by atoms with van der Waals surface area (Å²) in [5.74, 6) is -2.52. The van der Waals surface area contributed by atoms with Crippen molar-refractivity contribution in [2.75, 3.05) is 13.6 Å². The highest BCUT2D eigenvalue weighted by Crippen LogP contribution is 2.35. The monoisotopic (exact) mass is 619 g/mol. The maximum absolute atomic E-state index is 14.0. The molecule has 0 bridgehead atoms. The average Bonchev–Trinajstić information content (AvgIpc) is 3.26. The molecule has 13 heteroatoms. The largest absolute Gasteiger partial charge is 0.457 e. The van der Waals surface area contributed by atoms with Crippen LogP contribution in [0.5, 0.6) is 5.75 Å². The van der Waals surface area contributed by atoms with E-state index in [0.29, 0.717) is 22.3 Å². The van der Waals surface area contributed by atoms with Crippen molar-refractivity contribution in [3.8, 4) is 5.75 Å². The molecule has 0 spiro atoms. The Morgan fingerprint density at radius 1 is 0.933 bits per heavy atom. The Bertz CT molecular complexity index is 1840. The quantitative estimate of drug-likeness (QED) is 0.262. The van der Waals surface area contributed by atoms with Crippen LogP contribution in [0.3, 0.4) is 0 Å². The molecule has 2 heterocycles. The molecule has 2 aromatic carbocycles. The number of amides is 3. The second-order valence-corrected chi connectivity index (χ2v) is 9.84. The number of nitrogens with one attached hydrogen (secondary N) is 3. The van der Waals surface area contributed by atoms with Crippen LogP contribution in [0.25, 0.3) is 10.8 Å². The van der Waals surface area contributed by atoms with Crippen LogP contribution >= 0.6 is 0 Å². The average molecular weight is 620 g/mol. The van der Waals surface area contributed by atoms with Gasteiger partial charge in [0.25, 0.3) is 17.7 Å². The molecule has 0 saturated carbocycles. The van der Waals surface area contributed by atoms with Gasteiger partial charge in [0.2, 0.25) is 5.95 Å². The summed E-state index contributed by atoms with van der Waals surface area (Å²) in [6.45, 7) is 0.281. The lowest BCUT2D eigenvalue weighted by atomic mass is 9.96. The molecular weight excluding hydrogens is 594 g/mol. The van der Waals surface area contributed by atoms with Crippen LogP contribution in [0.2, 0.25) is 0 Å². The zero-order chi connectivity index (χ0) is 32.1. The zero-order valence-electron chi connectivity index (χ0n) is 23.6. The third-order valence-corrected chi connectivity index (χ3v) is 6.90. The van der Waals surface area contributed by atoms with Gasteiger partial charge in [0.05, 0.1) is 23.7 Å². The summed E-state index contributed by atoms with van der Waals surface area (Å²) in [5, 5.41) is 8.25. The number of pyridine rings is 1. The number of aromatic nitrogens is 1. The number of carbonyl (C=O) groups excluding carboxylic acids is 3. The van der Waals surface area contributed by atoms with Gasteiger partial charge in [-0.15, -0.1) is 0 Å². The summed E-state index contributed by atoms with van der Waals surface area (Å²) in [5.41, 5.74) is -1.79. The van der Waals surface area contributed by atoms with Crippen molar-refractivity contribution in [3.63, 3.8) is 0 Å². The Morgan fingerprint density at radius 2 is 1.69 bits per heavy atom. The summed E-state index contributed by atoms with van der Waals surface area (Å²) in [6.07, 6.45) is 2.81. The van der Waals surface area contributed by atoms with Crippen LogP contribution < -0.4 is 20.7 Å². The van der Waals surface area contributed by atoms with Gasteiger partial charge < -0.3 is 20.7 Å². The molecule has 45 heavy (non-hydrogen) atoms. The zero-order valence-corrected chi connectivity index (χ0v) is 23.6. The Labute approximate surface area is 254 Å². The van der Waals surface area contributed by atoms with Crippen LogP contribution in [-0.2, 0) is 4.79 Å². The molecule has 2 aliphatic rings. The molecule has 3 amide bonds. The predicted octanol–water partition coefficient (Wildman–Crippen LogP) is 4.70. The fraction of sp³-hybridized carbons (Fsp3) is 0.156. The number of benzene rings is 2. The molecule has 0 fully saturated rings. The van der Waals surface area contributed by atoms with Crippen molar-refractivity contribution < 1.29 is 36.7 Å². The molecule has 1 aliphatic carbocycles. The van der Waals surface area contributed by atoms with E-state index in [4.69, 9.17) is 4.74 Å². The molecule has 3 aromatic rings. The Balaban J connectivity index is 1.36. The molecule has 9 nitrogen and oxygen atoms in total. The highest BCUT2D eigenvalue weighted by atomic mass is 19.4. The second kappa shape index (κ2) is 13.0. The van der Waals surface area contributed by atoms with E-state index in [1.54, 1.807) is 42.5 Å². The number of nitrogens with zero attached hydrogens (tertiary/aromatic N) is 2. The van der Waals surface area contributed by atoms with Gasteiger partial charge in [-0.1, -0.05) is 36.4 Å². The highest BCUT2D eigenvalue weighted by molar-refractivity contribution is 6.43.